The van der Waals surface area contributed by atoms with Gasteiger partial charge in [0, 0.05) is 24.1 Å². The molecule has 0 aliphatic rings. The number of hydrogen-bond acceptors (Lipinski definition) is 5. The van der Waals surface area contributed by atoms with Crippen LogP contribution in [0.5, 0.6) is 0 Å². The van der Waals surface area contributed by atoms with Crippen LogP contribution in [0.1, 0.15) is 34.2 Å². The molecular formula is C22H23NO5. The molecule has 146 valence electrons. The second-order valence-corrected chi connectivity index (χ2v) is 6.32. The molecule has 0 fully saturated rings. The summed E-state index contributed by atoms with van der Waals surface area (Å²) < 4.78 is 16.3. The predicted octanol–water partition coefficient (Wildman–Crippen LogP) is 3.75. The van der Waals surface area contributed by atoms with Gasteiger partial charge in [-0.3, -0.25) is 4.79 Å². The maximum absolute atomic E-state index is 12.5. The first-order valence-corrected chi connectivity index (χ1v) is 9.16. The highest BCUT2D eigenvalue weighted by Crippen LogP contribution is 2.27. The van der Waals surface area contributed by atoms with Gasteiger partial charge in [-0.2, -0.15) is 0 Å². The normalized spacial score (nSPS) is 10.8. The second-order valence-electron chi connectivity index (χ2n) is 6.32. The molecular weight excluding hydrogens is 358 g/mol. The Morgan fingerprint density at radius 1 is 1.07 bits per heavy atom. The smallest absolute Gasteiger partial charge is 0.375 e. The minimum atomic E-state index is -0.683. The van der Waals surface area contributed by atoms with Crippen LogP contribution in [0.3, 0.4) is 0 Å². The molecule has 0 spiro atoms. The standard InChI is InChI=1S/C22H23NO5/c1-3-26-13-18-17-10-6-7-11-19(17)28-21(18)22(25)27-14-20(24)23-12-16-9-5-4-8-15(16)2/h4-11H,3,12-14H2,1-2H3,(H,23,24). The largest absolute Gasteiger partial charge is 0.450 e. The molecule has 6 nitrogen and oxygen atoms in total. The Bertz CT molecular complexity index is 976. The van der Waals surface area contributed by atoms with E-state index in [2.05, 4.69) is 5.32 Å². The minimum Gasteiger partial charge on any atom is -0.450 e. The number of carbonyl (C=O) groups is 2. The number of furan rings is 1. The van der Waals surface area contributed by atoms with Gasteiger partial charge in [0.2, 0.25) is 5.76 Å². The summed E-state index contributed by atoms with van der Waals surface area (Å²) in [5.41, 5.74) is 3.30. The Kier molecular flexibility index (Phi) is 6.45. The van der Waals surface area contributed by atoms with Crippen LogP contribution in [0.15, 0.2) is 52.9 Å². The first-order chi connectivity index (χ1) is 13.6. The molecule has 1 N–H and O–H groups in total. The van der Waals surface area contributed by atoms with Crippen molar-refractivity contribution in [3.8, 4) is 0 Å². The number of hydrogen-bond donors (Lipinski definition) is 1. The van der Waals surface area contributed by atoms with Gasteiger partial charge in [-0.1, -0.05) is 42.5 Å². The zero-order valence-corrected chi connectivity index (χ0v) is 16.0. The monoisotopic (exact) mass is 381 g/mol. The van der Waals surface area contributed by atoms with Crippen molar-refractivity contribution in [2.45, 2.75) is 27.0 Å². The fraction of sp³-hybridized carbons (Fsp3) is 0.273. The van der Waals surface area contributed by atoms with Gasteiger partial charge in [0.25, 0.3) is 5.91 Å². The van der Waals surface area contributed by atoms with Crippen LogP contribution in [-0.4, -0.2) is 25.1 Å². The minimum absolute atomic E-state index is 0.0707. The average Bonchev–Trinajstić information content (AvgIpc) is 3.08. The summed E-state index contributed by atoms with van der Waals surface area (Å²) in [5.74, 6) is -0.989. The van der Waals surface area contributed by atoms with Crippen molar-refractivity contribution in [3.05, 3.63) is 71.0 Å². The van der Waals surface area contributed by atoms with E-state index in [0.717, 1.165) is 16.5 Å². The lowest BCUT2D eigenvalue weighted by Crippen LogP contribution is -2.28. The highest BCUT2D eigenvalue weighted by atomic mass is 16.5. The summed E-state index contributed by atoms with van der Waals surface area (Å²) in [4.78, 5) is 24.5. The molecule has 0 aliphatic heterocycles. The summed E-state index contributed by atoms with van der Waals surface area (Å²) in [6, 6.07) is 15.1. The molecule has 28 heavy (non-hydrogen) atoms. The summed E-state index contributed by atoms with van der Waals surface area (Å²) in [6.07, 6.45) is 0. The van der Waals surface area contributed by atoms with Gasteiger partial charge >= 0.3 is 5.97 Å². The van der Waals surface area contributed by atoms with Crippen LogP contribution in [0, 0.1) is 6.92 Å². The Balaban J connectivity index is 1.63. The Morgan fingerprint density at radius 3 is 2.61 bits per heavy atom. The Hall–Kier alpha value is -3.12. The van der Waals surface area contributed by atoms with E-state index < -0.39 is 5.97 Å². The molecule has 0 aliphatic carbocycles. The van der Waals surface area contributed by atoms with Crippen LogP contribution in [-0.2, 0) is 27.4 Å². The van der Waals surface area contributed by atoms with E-state index in [9.17, 15) is 9.59 Å². The van der Waals surface area contributed by atoms with E-state index >= 15 is 0 Å². The number of ether oxygens (including phenoxy) is 2. The third kappa shape index (κ3) is 4.58. The van der Waals surface area contributed by atoms with Crippen molar-refractivity contribution in [2.75, 3.05) is 13.2 Å². The molecule has 0 radical (unpaired) electrons. The topological polar surface area (TPSA) is 77.8 Å². The number of esters is 1. The van der Waals surface area contributed by atoms with Crippen LogP contribution in [0.25, 0.3) is 11.0 Å². The molecule has 0 bridgehead atoms. The zero-order valence-electron chi connectivity index (χ0n) is 16.0. The van der Waals surface area contributed by atoms with Crippen molar-refractivity contribution in [1.82, 2.24) is 5.32 Å². The highest BCUT2D eigenvalue weighted by Gasteiger charge is 2.22. The van der Waals surface area contributed by atoms with E-state index in [1.165, 1.54) is 0 Å². The van der Waals surface area contributed by atoms with E-state index in [4.69, 9.17) is 13.9 Å². The van der Waals surface area contributed by atoms with E-state index in [0.29, 0.717) is 24.3 Å². The molecule has 0 saturated carbocycles. The maximum Gasteiger partial charge on any atom is 0.375 e. The first kappa shape index (κ1) is 19.6. The number of amides is 1. The summed E-state index contributed by atoms with van der Waals surface area (Å²) in [6.45, 7) is 4.59. The SMILES string of the molecule is CCOCc1c(C(=O)OCC(=O)NCc2ccccc2C)oc2ccccc12. The van der Waals surface area contributed by atoms with Gasteiger partial charge in [0.15, 0.2) is 6.61 Å². The second kappa shape index (κ2) is 9.19. The third-order valence-electron chi connectivity index (χ3n) is 4.41. The van der Waals surface area contributed by atoms with Crippen LogP contribution < -0.4 is 5.32 Å². The molecule has 2 aromatic carbocycles. The van der Waals surface area contributed by atoms with Crippen LogP contribution >= 0.6 is 0 Å². The van der Waals surface area contributed by atoms with Gasteiger partial charge in [0.05, 0.1) is 6.61 Å². The molecule has 3 rings (SSSR count). The summed E-state index contributed by atoms with van der Waals surface area (Å²) in [5, 5.41) is 3.55. The van der Waals surface area contributed by atoms with Crippen molar-refractivity contribution < 1.29 is 23.5 Å². The van der Waals surface area contributed by atoms with Gasteiger partial charge < -0.3 is 19.2 Å². The maximum atomic E-state index is 12.5. The van der Waals surface area contributed by atoms with Crippen LogP contribution in [0.4, 0.5) is 0 Å². The molecule has 0 saturated heterocycles. The molecule has 1 heterocycles. The number of para-hydroxylation sites is 1. The molecule has 0 unspecified atom stereocenters. The van der Waals surface area contributed by atoms with E-state index in [1.54, 1.807) is 6.07 Å². The number of nitrogens with one attached hydrogen (secondary N) is 1. The lowest BCUT2D eigenvalue weighted by atomic mass is 10.1. The number of benzene rings is 2. The number of carbonyl (C=O) groups excluding carboxylic acids is 2. The van der Waals surface area contributed by atoms with Crippen LogP contribution in [0.2, 0.25) is 0 Å². The lowest BCUT2D eigenvalue weighted by Gasteiger charge is -2.08. The number of rotatable bonds is 8. The molecule has 0 atom stereocenters. The Labute approximate surface area is 163 Å². The third-order valence-corrected chi connectivity index (χ3v) is 4.41. The molecule has 3 aromatic rings. The average molecular weight is 381 g/mol. The van der Waals surface area contributed by atoms with Gasteiger partial charge in [0.1, 0.15) is 5.58 Å². The van der Waals surface area contributed by atoms with E-state index in [-0.39, 0.29) is 24.9 Å². The van der Waals surface area contributed by atoms with Crippen molar-refractivity contribution in [3.63, 3.8) is 0 Å². The van der Waals surface area contributed by atoms with Gasteiger partial charge in [-0.15, -0.1) is 0 Å². The van der Waals surface area contributed by atoms with Gasteiger partial charge in [-0.25, -0.2) is 4.79 Å². The predicted molar refractivity (Wildman–Crippen MR) is 105 cm³/mol. The fourth-order valence-electron chi connectivity index (χ4n) is 2.86. The summed E-state index contributed by atoms with van der Waals surface area (Å²) in [7, 11) is 0. The Morgan fingerprint density at radius 2 is 1.82 bits per heavy atom. The number of aryl methyl sites for hydroxylation is 1. The molecule has 1 amide bonds. The highest BCUT2D eigenvalue weighted by molar-refractivity contribution is 5.96. The lowest BCUT2D eigenvalue weighted by molar-refractivity contribution is -0.124. The van der Waals surface area contributed by atoms with Crippen molar-refractivity contribution in [2.24, 2.45) is 0 Å². The fourth-order valence-corrected chi connectivity index (χ4v) is 2.86. The number of fused-ring (bicyclic) bond motifs is 1. The quantitative estimate of drug-likeness (QED) is 0.601. The molecule has 6 heteroatoms. The zero-order chi connectivity index (χ0) is 19.9. The van der Waals surface area contributed by atoms with Crippen molar-refractivity contribution in [1.29, 1.82) is 0 Å². The van der Waals surface area contributed by atoms with Crippen molar-refractivity contribution >= 4 is 22.8 Å². The first-order valence-electron chi connectivity index (χ1n) is 9.16. The molecule has 1 aromatic heterocycles. The summed E-state index contributed by atoms with van der Waals surface area (Å²) >= 11 is 0. The van der Waals surface area contributed by atoms with Gasteiger partial charge in [-0.05, 0) is 31.0 Å². The van der Waals surface area contributed by atoms with E-state index in [1.807, 2.05) is 56.3 Å².